The van der Waals surface area contributed by atoms with E-state index in [4.69, 9.17) is 11.6 Å². The third kappa shape index (κ3) is 9.31. The minimum absolute atomic E-state index is 0.114. The number of sulfonamides is 1. The van der Waals surface area contributed by atoms with Crippen LogP contribution in [0.4, 0.5) is 0 Å². The Hall–Kier alpha value is -3.13. The molecule has 2 rings (SSSR count). The molecule has 0 aliphatic heterocycles. The second kappa shape index (κ2) is 13.6. The Kier molecular flexibility index (Phi) is 11.1. The lowest BCUT2D eigenvalue weighted by Crippen LogP contribution is -2.59. The van der Waals surface area contributed by atoms with Gasteiger partial charge in [-0.2, -0.15) is 5.26 Å². The molecule has 0 fully saturated rings. The van der Waals surface area contributed by atoms with E-state index in [1.807, 2.05) is 36.5 Å². The van der Waals surface area contributed by atoms with Crippen molar-refractivity contribution in [3.8, 4) is 6.19 Å². The number of hydrogen-bond acceptors (Lipinski definition) is 6. The normalized spacial score (nSPS) is 13.2. The van der Waals surface area contributed by atoms with Crippen LogP contribution in [0, 0.1) is 16.9 Å². The molecule has 38 heavy (non-hydrogen) atoms. The molecule has 9 nitrogen and oxygen atoms in total. The van der Waals surface area contributed by atoms with Crippen molar-refractivity contribution < 1.29 is 18.0 Å². The Morgan fingerprint density at radius 3 is 2.18 bits per heavy atom. The zero-order chi connectivity index (χ0) is 28.5. The molecule has 0 heterocycles. The summed E-state index contributed by atoms with van der Waals surface area (Å²) in [6.45, 7) is 7.09. The van der Waals surface area contributed by atoms with Crippen molar-refractivity contribution in [1.29, 1.82) is 5.26 Å². The van der Waals surface area contributed by atoms with Crippen molar-refractivity contribution in [1.82, 2.24) is 20.1 Å². The molecule has 0 aliphatic rings. The highest BCUT2D eigenvalue weighted by atomic mass is 35.5. The standard InChI is InChI=1S/C27H36ClN5O4S/c1-6-16-38(36,37)31-24(27(2,3)4)25(34)30-23(17-20-10-8-7-9-11-20)26(35)32(5)33(19-29)18-21-12-14-22(28)15-13-21/h7-15,23-24,31H,6,16-18H2,1-5H3,(H,30,34)/t23-,24+/m0/s1. The smallest absolute Gasteiger partial charge is 0.264 e. The first kappa shape index (κ1) is 31.1. The number of hydrogen-bond donors (Lipinski definition) is 2. The highest BCUT2D eigenvalue weighted by Gasteiger charge is 2.37. The minimum atomic E-state index is -3.71. The SMILES string of the molecule is CCCS(=O)(=O)N[C@H](C(=O)N[C@@H](Cc1ccccc1)C(=O)N(C)N(C#N)Cc1ccc(Cl)cc1)C(C)(C)C. The van der Waals surface area contributed by atoms with Crippen LogP contribution in [0.15, 0.2) is 54.6 Å². The maximum Gasteiger partial charge on any atom is 0.264 e. The molecular formula is C27H36ClN5O4S. The Labute approximate surface area is 230 Å². The van der Waals surface area contributed by atoms with E-state index in [1.165, 1.54) is 12.1 Å². The van der Waals surface area contributed by atoms with Crippen molar-refractivity contribution in [2.24, 2.45) is 5.41 Å². The van der Waals surface area contributed by atoms with Crippen LogP contribution in [0.2, 0.25) is 5.02 Å². The van der Waals surface area contributed by atoms with Crippen LogP contribution < -0.4 is 10.0 Å². The highest BCUT2D eigenvalue weighted by Crippen LogP contribution is 2.21. The summed E-state index contributed by atoms with van der Waals surface area (Å²) in [5.74, 6) is -1.27. The van der Waals surface area contributed by atoms with Gasteiger partial charge in [-0.05, 0) is 35.1 Å². The number of carbonyl (C=O) groups is 2. The number of rotatable bonds is 12. The van der Waals surface area contributed by atoms with Crippen LogP contribution in [0.25, 0.3) is 0 Å². The monoisotopic (exact) mass is 561 g/mol. The van der Waals surface area contributed by atoms with E-state index in [9.17, 15) is 23.3 Å². The van der Waals surface area contributed by atoms with Crippen molar-refractivity contribution in [3.63, 3.8) is 0 Å². The Morgan fingerprint density at radius 1 is 1.05 bits per heavy atom. The lowest BCUT2D eigenvalue weighted by atomic mass is 9.86. The fourth-order valence-electron chi connectivity index (χ4n) is 3.75. The molecule has 0 unspecified atom stereocenters. The van der Waals surface area contributed by atoms with E-state index in [0.29, 0.717) is 11.4 Å². The molecule has 0 saturated carbocycles. The number of likely N-dealkylation sites (N-methyl/N-ethyl adjacent to an activating group) is 1. The topological polar surface area (TPSA) is 123 Å². The van der Waals surface area contributed by atoms with Crippen LogP contribution in [0.3, 0.4) is 0 Å². The van der Waals surface area contributed by atoms with Crippen molar-refractivity contribution in [3.05, 3.63) is 70.7 Å². The number of nitrogens with zero attached hydrogens (tertiary/aromatic N) is 3. The van der Waals surface area contributed by atoms with E-state index in [-0.39, 0.29) is 18.7 Å². The summed E-state index contributed by atoms with van der Waals surface area (Å²) < 4.78 is 27.5. The van der Waals surface area contributed by atoms with Gasteiger partial charge >= 0.3 is 0 Å². The number of nitrogens with one attached hydrogen (secondary N) is 2. The zero-order valence-electron chi connectivity index (χ0n) is 22.4. The zero-order valence-corrected chi connectivity index (χ0v) is 24.0. The van der Waals surface area contributed by atoms with Crippen molar-refractivity contribution in [2.45, 2.75) is 59.2 Å². The van der Waals surface area contributed by atoms with Gasteiger partial charge in [0.1, 0.15) is 12.1 Å². The molecule has 0 aromatic heterocycles. The van der Waals surface area contributed by atoms with Crippen molar-refractivity contribution >= 4 is 33.4 Å². The molecule has 11 heteroatoms. The van der Waals surface area contributed by atoms with Gasteiger partial charge in [0.2, 0.25) is 15.9 Å². The molecule has 0 saturated heterocycles. The fourth-order valence-corrected chi connectivity index (χ4v) is 5.35. The summed E-state index contributed by atoms with van der Waals surface area (Å²) >= 11 is 5.95. The highest BCUT2D eigenvalue weighted by molar-refractivity contribution is 7.89. The summed E-state index contributed by atoms with van der Waals surface area (Å²) in [6.07, 6.45) is 2.55. The van der Waals surface area contributed by atoms with E-state index < -0.39 is 39.3 Å². The predicted molar refractivity (Wildman–Crippen MR) is 148 cm³/mol. The van der Waals surface area contributed by atoms with Crippen LogP contribution >= 0.6 is 11.6 Å². The molecule has 0 aliphatic carbocycles. The summed E-state index contributed by atoms with van der Waals surface area (Å²) in [5.41, 5.74) is 0.779. The van der Waals surface area contributed by atoms with Gasteiger partial charge in [0.25, 0.3) is 5.91 Å². The van der Waals surface area contributed by atoms with Crippen molar-refractivity contribution in [2.75, 3.05) is 12.8 Å². The molecule has 0 bridgehead atoms. The number of amides is 2. The minimum Gasteiger partial charge on any atom is -0.342 e. The third-order valence-corrected chi connectivity index (χ3v) is 7.63. The van der Waals surface area contributed by atoms with Gasteiger partial charge in [0.05, 0.1) is 12.3 Å². The molecule has 2 aromatic rings. The summed E-state index contributed by atoms with van der Waals surface area (Å²) in [4.78, 5) is 27.1. The third-order valence-electron chi connectivity index (χ3n) is 5.84. The van der Waals surface area contributed by atoms with E-state index in [2.05, 4.69) is 10.0 Å². The van der Waals surface area contributed by atoms with Gasteiger partial charge in [-0.1, -0.05) is 81.8 Å². The van der Waals surface area contributed by atoms with Gasteiger partial charge < -0.3 is 5.32 Å². The molecular weight excluding hydrogens is 526 g/mol. The molecule has 2 N–H and O–H groups in total. The van der Waals surface area contributed by atoms with Gasteiger partial charge in [0.15, 0.2) is 6.19 Å². The van der Waals surface area contributed by atoms with Gasteiger partial charge in [0, 0.05) is 18.5 Å². The van der Waals surface area contributed by atoms with Crippen LogP contribution in [0.1, 0.15) is 45.2 Å². The molecule has 0 spiro atoms. The lowest BCUT2D eigenvalue weighted by molar-refractivity contribution is -0.146. The first-order chi connectivity index (χ1) is 17.8. The Balaban J connectivity index is 2.33. The van der Waals surface area contributed by atoms with Gasteiger partial charge in [-0.15, -0.1) is 0 Å². The predicted octanol–water partition coefficient (Wildman–Crippen LogP) is 3.47. The first-order valence-electron chi connectivity index (χ1n) is 12.3. The first-order valence-corrected chi connectivity index (χ1v) is 14.3. The Morgan fingerprint density at radius 2 is 1.66 bits per heavy atom. The summed E-state index contributed by atoms with van der Waals surface area (Å²) in [7, 11) is -2.26. The quantitative estimate of drug-likeness (QED) is 0.232. The Bertz CT molecular complexity index is 1220. The van der Waals surface area contributed by atoms with Gasteiger partial charge in [-0.25, -0.2) is 23.2 Å². The maximum atomic E-state index is 13.6. The molecule has 206 valence electrons. The van der Waals surface area contributed by atoms with Gasteiger partial charge in [-0.3, -0.25) is 9.59 Å². The summed E-state index contributed by atoms with van der Waals surface area (Å²) in [5, 5.41) is 15.4. The average molecular weight is 562 g/mol. The molecule has 0 radical (unpaired) electrons. The van der Waals surface area contributed by atoms with Crippen LogP contribution in [0.5, 0.6) is 0 Å². The lowest BCUT2D eigenvalue weighted by Gasteiger charge is -2.34. The number of halogens is 1. The molecule has 2 aromatic carbocycles. The van der Waals surface area contributed by atoms with E-state index in [1.54, 1.807) is 52.0 Å². The fraction of sp³-hybridized carbons (Fsp3) is 0.444. The average Bonchev–Trinajstić information content (AvgIpc) is 2.85. The number of nitriles is 1. The molecule has 2 amide bonds. The van der Waals surface area contributed by atoms with Crippen LogP contribution in [-0.4, -0.2) is 55.1 Å². The summed E-state index contributed by atoms with van der Waals surface area (Å²) in [6, 6.07) is 13.9. The van der Waals surface area contributed by atoms with Crippen LogP contribution in [-0.2, 0) is 32.6 Å². The second-order valence-electron chi connectivity index (χ2n) is 10.1. The number of benzene rings is 2. The maximum absolute atomic E-state index is 13.6. The largest absolute Gasteiger partial charge is 0.342 e. The number of carbonyl (C=O) groups excluding carboxylic acids is 2. The van der Waals surface area contributed by atoms with E-state index in [0.717, 1.165) is 16.1 Å². The van der Waals surface area contributed by atoms with E-state index >= 15 is 0 Å². The molecule has 2 atom stereocenters. The second-order valence-corrected chi connectivity index (χ2v) is 12.4. The number of hydrazine groups is 1.